The normalized spacial score (nSPS) is 27.0. The molecule has 2 atom stereocenters. The summed E-state index contributed by atoms with van der Waals surface area (Å²) in [5.74, 6) is 0.933. The van der Waals surface area contributed by atoms with E-state index in [-0.39, 0.29) is 12.1 Å². The first-order chi connectivity index (χ1) is 13.2. The van der Waals surface area contributed by atoms with Gasteiger partial charge in [-0.3, -0.25) is 0 Å². The fourth-order valence-electron chi connectivity index (χ4n) is 4.32. The lowest BCUT2D eigenvalue weighted by Crippen LogP contribution is -3.28. The highest BCUT2D eigenvalue weighted by atomic mass is 35.5. The lowest BCUT2D eigenvalue weighted by atomic mass is 10.0. The highest BCUT2D eigenvalue weighted by Crippen LogP contribution is 2.21. The summed E-state index contributed by atoms with van der Waals surface area (Å²) in [7, 11) is 0. The van der Waals surface area contributed by atoms with E-state index in [4.69, 9.17) is 16.3 Å². The Labute approximate surface area is 165 Å². The third-order valence-corrected chi connectivity index (χ3v) is 6.18. The van der Waals surface area contributed by atoms with Gasteiger partial charge in [-0.15, -0.1) is 5.10 Å². The summed E-state index contributed by atoms with van der Waals surface area (Å²) in [5, 5.41) is 13.5. The molecule has 2 aromatic rings. The van der Waals surface area contributed by atoms with Gasteiger partial charge in [0, 0.05) is 17.2 Å². The van der Waals surface area contributed by atoms with E-state index >= 15 is 0 Å². The lowest BCUT2D eigenvalue weighted by Gasteiger charge is -2.34. The van der Waals surface area contributed by atoms with Gasteiger partial charge in [0.2, 0.25) is 5.82 Å². The molecule has 0 unspecified atom stereocenters. The van der Waals surface area contributed by atoms with Crippen LogP contribution in [-0.4, -0.2) is 65.6 Å². The number of likely N-dealkylation sites (N-methyl/N-ethyl adjacent to an activating group) is 1. The molecule has 2 aliphatic heterocycles. The molecule has 7 nitrogen and oxygen atoms in total. The van der Waals surface area contributed by atoms with Crippen molar-refractivity contribution in [3.05, 3.63) is 40.7 Å². The number of rotatable bonds is 6. The van der Waals surface area contributed by atoms with Crippen LogP contribution < -0.4 is 9.80 Å². The number of nitrogens with zero attached hydrogens (tertiary/aromatic N) is 4. The van der Waals surface area contributed by atoms with Gasteiger partial charge in [0.05, 0.1) is 19.2 Å². The van der Waals surface area contributed by atoms with Gasteiger partial charge in [-0.05, 0) is 42.3 Å². The van der Waals surface area contributed by atoms with Crippen LogP contribution >= 0.6 is 11.6 Å². The Hall–Kier alpha value is -1.54. The Morgan fingerprint density at radius 1 is 1.22 bits per heavy atom. The summed E-state index contributed by atoms with van der Waals surface area (Å²) < 4.78 is 7.77. The molecular formula is C19H29ClN6O+2. The summed E-state index contributed by atoms with van der Waals surface area (Å²) in [6, 6.07) is 8.28. The topological polar surface area (TPSA) is 61.7 Å². The smallest absolute Gasteiger partial charge is 0.214 e. The molecule has 8 heteroatoms. The van der Waals surface area contributed by atoms with Crippen LogP contribution in [0.25, 0.3) is 0 Å². The number of hydrogen-bond donors (Lipinski definition) is 2. The molecule has 2 aliphatic rings. The number of quaternary nitrogens is 2. The third kappa shape index (κ3) is 4.32. The average Bonchev–Trinajstić information content (AvgIpc) is 3.37. The van der Waals surface area contributed by atoms with Crippen LogP contribution in [0.1, 0.15) is 37.2 Å². The maximum Gasteiger partial charge on any atom is 0.214 e. The second kappa shape index (κ2) is 8.65. The van der Waals surface area contributed by atoms with Crippen molar-refractivity contribution in [1.82, 2.24) is 20.2 Å². The maximum absolute atomic E-state index is 6.14. The predicted octanol–water partition coefficient (Wildman–Crippen LogP) is -0.602. The number of benzene rings is 1. The highest BCUT2D eigenvalue weighted by molar-refractivity contribution is 6.30. The molecule has 2 N–H and O–H groups in total. The molecule has 0 spiro atoms. The van der Waals surface area contributed by atoms with Gasteiger partial charge in [0.1, 0.15) is 26.2 Å². The molecule has 0 bridgehead atoms. The fraction of sp³-hybridized carbons (Fsp3) is 0.632. The Bertz CT molecular complexity index is 722. The van der Waals surface area contributed by atoms with Gasteiger partial charge in [0.15, 0.2) is 6.04 Å². The zero-order valence-corrected chi connectivity index (χ0v) is 16.7. The van der Waals surface area contributed by atoms with Crippen LogP contribution in [0.2, 0.25) is 5.02 Å². The second-order valence-electron chi connectivity index (χ2n) is 7.60. The second-order valence-corrected chi connectivity index (χ2v) is 8.04. The molecule has 0 radical (unpaired) electrons. The van der Waals surface area contributed by atoms with Gasteiger partial charge >= 0.3 is 0 Å². The largest absolute Gasteiger partial charge is 0.376 e. The third-order valence-electron chi connectivity index (χ3n) is 5.93. The Balaban J connectivity index is 1.62. The molecule has 0 amide bonds. The van der Waals surface area contributed by atoms with E-state index in [1.807, 2.05) is 16.8 Å². The number of nitrogens with one attached hydrogen (secondary N) is 2. The number of piperazine rings is 1. The summed E-state index contributed by atoms with van der Waals surface area (Å²) in [5.41, 5.74) is 1.22. The van der Waals surface area contributed by atoms with Crippen LogP contribution in [0.5, 0.6) is 0 Å². The Morgan fingerprint density at radius 2 is 2.00 bits per heavy atom. The van der Waals surface area contributed by atoms with Crippen LogP contribution in [0.3, 0.4) is 0 Å². The summed E-state index contributed by atoms with van der Waals surface area (Å²) in [6.07, 6.45) is 2.42. The Kier molecular flexibility index (Phi) is 6.02. The zero-order chi connectivity index (χ0) is 18.6. The van der Waals surface area contributed by atoms with E-state index in [0.29, 0.717) is 0 Å². The van der Waals surface area contributed by atoms with Crippen LogP contribution in [0.4, 0.5) is 0 Å². The first kappa shape index (κ1) is 18.8. The van der Waals surface area contributed by atoms with Gasteiger partial charge in [-0.1, -0.05) is 23.7 Å². The van der Waals surface area contributed by atoms with E-state index in [2.05, 4.69) is 34.6 Å². The van der Waals surface area contributed by atoms with E-state index < -0.39 is 0 Å². The number of halogens is 1. The molecule has 27 heavy (non-hydrogen) atoms. The van der Waals surface area contributed by atoms with E-state index in [1.54, 1.807) is 4.90 Å². The highest BCUT2D eigenvalue weighted by Gasteiger charge is 2.35. The Morgan fingerprint density at radius 3 is 2.67 bits per heavy atom. The molecule has 1 aromatic carbocycles. The molecule has 2 saturated heterocycles. The summed E-state index contributed by atoms with van der Waals surface area (Å²) in [4.78, 5) is 3.20. The minimum Gasteiger partial charge on any atom is -0.376 e. The van der Waals surface area contributed by atoms with Crippen LogP contribution in [0, 0.1) is 0 Å². The minimum atomic E-state index is 0.122. The first-order valence-corrected chi connectivity index (χ1v) is 10.4. The summed E-state index contributed by atoms with van der Waals surface area (Å²) in [6.45, 7) is 9.62. The fourth-order valence-corrected chi connectivity index (χ4v) is 4.45. The quantitative estimate of drug-likeness (QED) is 0.689. The first-order valence-electron chi connectivity index (χ1n) is 10.1. The SMILES string of the molecule is CC[NH+]1CC[NH+]([C@H](c2ccc(Cl)cc2)c2nnnn2C[C@H]2CCCO2)CC1. The van der Waals surface area contributed by atoms with Crippen molar-refractivity contribution in [3.63, 3.8) is 0 Å². The monoisotopic (exact) mass is 392 g/mol. The number of tetrazole rings is 1. The molecule has 146 valence electrons. The van der Waals surface area contributed by atoms with Crippen molar-refractivity contribution in [2.45, 2.75) is 38.5 Å². The molecule has 0 saturated carbocycles. The number of ether oxygens (including phenoxy) is 1. The van der Waals surface area contributed by atoms with Gasteiger partial charge in [0.25, 0.3) is 0 Å². The van der Waals surface area contributed by atoms with E-state index in [1.165, 1.54) is 30.1 Å². The maximum atomic E-state index is 6.14. The number of hydrogen-bond acceptors (Lipinski definition) is 4. The molecule has 2 fully saturated rings. The van der Waals surface area contributed by atoms with Crippen molar-refractivity contribution in [2.75, 3.05) is 39.3 Å². The molecule has 3 heterocycles. The summed E-state index contributed by atoms with van der Waals surface area (Å²) >= 11 is 6.14. The predicted molar refractivity (Wildman–Crippen MR) is 102 cm³/mol. The molecule has 4 rings (SSSR count). The molecular weight excluding hydrogens is 364 g/mol. The average molecular weight is 393 g/mol. The van der Waals surface area contributed by atoms with Crippen LogP contribution in [-0.2, 0) is 11.3 Å². The standard InChI is InChI=1S/C19H27ClN6O/c1-2-24-9-11-25(12-10-24)18(15-5-7-16(20)8-6-15)19-21-22-23-26(19)14-17-4-3-13-27-17/h5-8,17-18H,2-4,9-14H2,1H3/p+2/t17-,18-/m1/s1. The van der Waals surface area contributed by atoms with Gasteiger partial charge in [-0.2, -0.15) is 0 Å². The van der Waals surface area contributed by atoms with Gasteiger partial charge in [-0.25, -0.2) is 4.68 Å². The van der Waals surface area contributed by atoms with Crippen molar-refractivity contribution >= 4 is 11.6 Å². The van der Waals surface area contributed by atoms with Crippen molar-refractivity contribution in [2.24, 2.45) is 0 Å². The van der Waals surface area contributed by atoms with E-state index in [0.717, 1.165) is 49.9 Å². The lowest BCUT2D eigenvalue weighted by molar-refractivity contribution is -1.02. The van der Waals surface area contributed by atoms with Gasteiger partial charge < -0.3 is 14.5 Å². The number of aromatic nitrogens is 4. The van der Waals surface area contributed by atoms with Crippen molar-refractivity contribution in [3.8, 4) is 0 Å². The van der Waals surface area contributed by atoms with Crippen LogP contribution in [0.15, 0.2) is 24.3 Å². The van der Waals surface area contributed by atoms with E-state index in [9.17, 15) is 0 Å². The van der Waals surface area contributed by atoms with Crippen molar-refractivity contribution in [1.29, 1.82) is 0 Å². The molecule has 1 aromatic heterocycles. The molecule has 0 aliphatic carbocycles. The minimum absolute atomic E-state index is 0.122. The zero-order valence-electron chi connectivity index (χ0n) is 15.9. The van der Waals surface area contributed by atoms with Crippen molar-refractivity contribution < 1.29 is 14.5 Å².